The van der Waals surface area contributed by atoms with Crippen LogP contribution in [0.5, 0.6) is 0 Å². The van der Waals surface area contributed by atoms with Gasteiger partial charge in [0.15, 0.2) is 0 Å². The number of methoxy groups -OCH3 is 1. The largest absolute Gasteiger partial charge is 0.383 e. The lowest BCUT2D eigenvalue weighted by Crippen LogP contribution is -2.33. The molecule has 0 aliphatic carbocycles. The van der Waals surface area contributed by atoms with Crippen LogP contribution in [0.4, 0.5) is 5.95 Å². The summed E-state index contributed by atoms with van der Waals surface area (Å²) in [5, 5.41) is 3.54. The van der Waals surface area contributed by atoms with Crippen molar-refractivity contribution in [3.63, 3.8) is 0 Å². The lowest BCUT2D eigenvalue weighted by atomic mass is 10.2. The van der Waals surface area contributed by atoms with Crippen molar-refractivity contribution in [1.29, 1.82) is 0 Å². The number of aromatic nitrogens is 2. The fraction of sp³-hybridized carbons (Fsp3) is 0.385. The number of amides is 1. The fourth-order valence-electron chi connectivity index (χ4n) is 2.06. The van der Waals surface area contributed by atoms with Crippen molar-refractivity contribution in [2.75, 3.05) is 26.0 Å². The van der Waals surface area contributed by atoms with Gasteiger partial charge in [-0.15, -0.1) is 0 Å². The van der Waals surface area contributed by atoms with Crippen molar-refractivity contribution in [3.8, 4) is 0 Å². The molecule has 0 bridgehead atoms. The van der Waals surface area contributed by atoms with Crippen LogP contribution in [0.25, 0.3) is 11.0 Å². The quantitative estimate of drug-likeness (QED) is 0.824. The van der Waals surface area contributed by atoms with Crippen LogP contribution >= 0.6 is 23.2 Å². The molecule has 1 aromatic heterocycles. The molecule has 1 amide bonds. The first-order chi connectivity index (χ1) is 9.95. The van der Waals surface area contributed by atoms with Crippen molar-refractivity contribution in [1.82, 2.24) is 14.9 Å². The van der Waals surface area contributed by atoms with Gasteiger partial charge in [-0.25, -0.2) is 4.98 Å². The number of hydrogen-bond donors (Lipinski definition) is 2. The van der Waals surface area contributed by atoms with Crippen LogP contribution in [0.2, 0.25) is 10.0 Å². The fourth-order valence-corrected chi connectivity index (χ4v) is 2.37. The number of hydrogen-bond acceptors (Lipinski definition) is 4. The number of carbonyl (C=O) groups is 1. The summed E-state index contributed by atoms with van der Waals surface area (Å²) in [6, 6.07) is 2.76. The van der Waals surface area contributed by atoms with Crippen molar-refractivity contribution < 1.29 is 9.53 Å². The Morgan fingerprint density at radius 3 is 2.81 bits per heavy atom. The SMILES string of the molecule is COCCNC(=O)C(C)n1c(N)nc2cc(Cl)c(Cl)cc21. The normalized spacial score (nSPS) is 12.6. The van der Waals surface area contributed by atoms with E-state index >= 15 is 0 Å². The standard InChI is InChI=1S/C13H16Cl2N4O2/c1-7(12(20)17-3-4-21-2)19-11-6-9(15)8(14)5-10(11)18-13(19)16/h5-7H,3-4H2,1-2H3,(H2,16,18)(H,17,20). The maximum absolute atomic E-state index is 12.1. The summed E-state index contributed by atoms with van der Waals surface area (Å²) < 4.78 is 6.52. The van der Waals surface area contributed by atoms with Gasteiger partial charge in [0.1, 0.15) is 6.04 Å². The third-order valence-electron chi connectivity index (χ3n) is 3.13. The van der Waals surface area contributed by atoms with Gasteiger partial charge < -0.3 is 15.8 Å². The van der Waals surface area contributed by atoms with Crippen LogP contribution in [0.1, 0.15) is 13.0 Å². The highest BCUT2D eigenvalue weighted by Gasteiger charge is 2.21. The molecule has 0 aliphatic rings. The minimum atomic E-state index is -0.524. The number of fused-ring (bicyclic) bond motifs is 1. The monoisotopic (exact) mass is 330 g/mol. The number of anilines is 1. The molecular weight excluding hydrogens is 315 g/mol. The molecule has 1 aromatic carbocycles. The predicted molar refractivity (Wildman–Crippen MR) is 83.8 cm³/mol. The van der Waals surface area contributed by atoms with Crippen LogP contribution in [0.3, 0.4) is 0 Å². The maximum Gasteiger partial charge on any atom is 0.242 e. The number of imidazole rings is 1. The van der Waals surface area contributed by atoms with E-state index in [0.29, 0.717) is 34.2 Å². The van der Waals surface area contributed by atoms with E-state index in [9.17, 15) is 4.79 Å². The topological polar surface area (TPSA) is 82.2 Å². The van der Waals surface area contributed by atoms with Gasteiger partial charge in [-0.2, -0.15) is 0 Å². The molecule has 114 valence electrons. The van der Waals surface area contributed by atoms with Gasteiger partial charge in [0.25, 0.3) is 0 Å². The Labute approximate surface area is 132 Å². The van der Waals surface area contributed by atoms with Crippen molar-refractivity contribution in [3.05, 3.63) is 22.2 Å². The molecular formula is C13H16Cl2N4O2. The van der Waals surface area contributed by atoms with E-state index in [1.165, 1.54) is 0 Å². The second-order valence-corrected chi connectivity index (χ2v) is 5.37. The van der Waals surface area contributed by atoms with E-state index in [2.05, 4.69) is 10.3 Å². The van der Waals surface area contributed by atoms with E-state index in [-0.39, 0.29) is 11.9 Å². The number of nitrogens with one attached hydrogen (secondary N) is 1. The Kier molecular flexibility index (Phi) is 4.92. The molecule has 0 saturated carbocycles. The summed E-state index contributed by atoms with van der Waals surface area (Å²) in [5.74, 6) is 0.0573. The van der Waals surface area contributed by atoms with Gasteiger partial charge in [0.2, 0.25) is 11.9 Å². The Morgan fingerprint density at radius 1 is 1.48 bits per heavy atom. The van der Waals surface area contributed by atoms with Gasteiger partial charge in [-0.3, -0.25) is 9.36 Å². The van der Waals surface area contributed by atoms with Crippen LogP contribution in [0.15, 0.2) is 12.1 Å². The maximum atomic E-state index is 12.1. The molecule has 0 saturated heterocycles. The lowest BCUT2D eigenvalue weighted by Gasteiger charge is -2.16. The Balaban J connectivity index is 2.34. The number of halogens is 2. The third-order valence-corrected chi connectivity index (χ3v) is 3.85. The number of nitrogen functional groups attached to an aromatic ring is 1. The van der Waals surface area contributed by atoms with Gasteiger partial charge >= 0.3 is 0 Å². The number of rotatable bonds is 5. The summed E-state index contributed by atoms with van der Waals surface area (Å²) in [4.78, 5) is 16.3. The molecule has 1 heterocycles. The second-order valence-electron chi connectivity index (χ2n) is 4.55. The zero-order valence-electron chi connectivity index (χ0n) is 11.7. The molecule has 2 rings (SSSR count). The smallest absolute Gasteiger partial charge is 0.242 e. The summed E-state index contributed by atoms with van der Waals surface area (Å²) in [7, 11) is 1.57. The molecule has 1 atom stereocenters. The third kappa shape index (κ3) is 3.23. The summed E-state index contributed by atoms with van der Waals surface area (Å²) in [6.07, 6.45) is 0. The van der Waals surface area contributed by atoms with Crippen molar-refractivity contribution >= 4 is 46.1 Å². The molecule has 21 heavy (non-hydrogen) atoms. The van der Waals surface area contributed by atoms with E-state index in [4.69, 9.17) is 33.7 Å². The van der Waals surface area contributed by atoms with Crippen LogP contribution in [-0.4, -0.2) is 35.7 Å². The molecule has 0 fully saturated rings. The zero-order chi connectivity index (χ0) is 15.6. The van der Waals surface area contributed by atoms with Gasteiger partial charge in [0.05, 0.1) is 27.7 Å². The van der Waals surface area contributed by atoms with Crippen molar-refractivity contribution in [2.24, 2.45) is 0 Å². The van der Waals surface area contributed by atoms with Crippen LogP contribution in [0, 0.1) is 0 Å². The molecule has 0 aliphatic heterocycles. The number of benzene rings is 1. The second kappa shape index (κ2) is 6.51. The predicted octanol–water partition coefficient (Wildman–Crippen LogP) is 2.25. The number of nitrogens with zero attached hydrogens (tertiary/aromatic N) is 2. The van der Waals surface area contributed by atoms with Crippen LogP contribution in [-0.2, 0) is 9.53 Å². The zero-order valence-corrected chi connectivity index (χ0v) is 13.2. The summed E-state index contributed by atoms with van der Waals surface area (Å²) in [5.41, 5.74) is 7.17. The highest BCUT2D eigenvalue weighted by molar-refractivity contribution is 6.42. The summed E-state index contributed by atoms with van der Waals surface area (Å²) in [6.45, 7) is 2.61. The first kappa shape index (κ1) is 15.9. The molecule has 2 aromatic rings. The first-order valence-electron chi connectivity index (χ1n) is 6.34. The first-order valence-corrected chi connectivity index (χ1v) is 7.10. The number of nitrogens with two attached hydrogens (primary N) is 1. The molecule has 8 heteroatoms. The Hall–Kier alpha value is -1.50. The molecule has 3 N–H and O–H groups in total. The van der Waals surface area contributed by atoms with E-state index in [0.717, 1.165) is 0 Å². The van der Waals surface area contributed by atoms with E-state index < -0.39 is 6.04 Å². The minimum Gasteiger partial charge on any atom is -0.383 e. The average Bonchev–Trinajstić information content (AvgIpc) is 2.74. The highest BCUT2D eigenvalue weighted by atomic mass is 35.5. The minimum absolute atomic E-state index is 0.177. The molecule has 0 radical (unpaired) electrons. The molecule has 6 nitrogen and oxygen atoms in total. The van der Waals surface area contributed by atoms with E-state index in [1.807, 2.05) is 0 Å². The number of ether oxygens (including phenoxy) is 1. The highest BCUT2D eigenvalue weighted by Crippen LogP contribution is 2.30. The molecule has 0 spiro atoms. The Bertz CT molecular complexity index is 672. The van der Waals surface area contributed by atoms with E-state index in [1.54, 1.807) is 30.7 Å². The van der Waals surface area contributed by atoms with Crippen LogP contribution < -0.4 is 11.1 Å². The summed E-state index contributed by atoms with van der Waals surface area (Å²) >= 11 is 12.0. The Morgan fingerprint density at radius 2 is 2.14 bits per heavy atom. The average molecular weight is 331 g/mol. The van der Waals surface area contributed by atoms with Gasteiger partial charge in [-0.1, -0.05) is 23.2 Å². The van der Waals surface area contributed by atoms with Crippen molar-refractivity contribution in [2.45, 2.75) is 13.0 Å². The number of carbonyl (C=O) groups excluding carboxylic acids is 1. The molecule has 1 unspecified atom stereocenters. The van der Waals surface area contributed by atoms with Gasteiger partial charge in [-0.05, 0) is 19.1 Å². The lowest BCUT2D eigenvalue weighted by molar-refractivity contribution is -0.123. The van der Waals surface area contributed by atoms with Gasteiger partial charge in [0, 0.05) is 13.7 Å².